The van der Waals surface area contributed by atoms with Crippen molar-refractivity contribution in [2.75, 3.05) is 19.6 Å². The molecule has 1 saturated heterocycles. The van der Waals surface area contributed by atoms with Crippen LogP contribution in [-0.4, -0.2) is 24.5 Å². The van der Waals surface area contributed by atoms with Crippen molar-refractivity contribution >= 4 is 0 Å². The van der Waals surface area contributed by atoms with Crippen molar-refractivity contribution in [1.29, 1.82) is 0 Å². The Morgan fingerprint density at radius 2 is 2.07 bits per heavy atom. The smallest absolute Gasteiger partial charge is 0.00382 e. The predicted molar refractivity (Wildman–Crippen MR) is 66.0 cm³/mol. The highest BCUT2D eigenvalue weighted by molar-refractivity contribution is 4.96. The molecule has 1 heteroatoms. The topological polar surface area (TPSA) is 3.24 Å². The molecular weight excluding hydrogens is 182 g/mol. The van der Waals surface area contributed by atoms with Gasteiger partial charge in [-0.25, -0.2) is 0 Å². The van der Waals surface area contributed by atoms with E-state index in [0.717, 1.165) is 17.3 Å². The maximum Gasteiger partial charge on any atom is 0.00382 e. The number of hydrogen-bond acceptors (Lipinski definition) is 1. The average molecular weight is 209 g/mol. The van der Waals surface area contributed by atoms with E-state index >= 15 is 0 Å². The van der Waals surface area contributed by atoms with Crippen LogP contribution in [0.1, 0.15) is 52.9 Å². The highest BCUT2D eigenvalue weighted by Crippen LogP contribution is 2.51. The largest absolute Gasteiger partial charge is 0.303 e. The summed E-state index contributed by atoms with van der Waals surface area (Å²) in [7, 11) is 0. The standard InChI is InChI=1S/C14H27N/c1-12(2)9-14(6-7-14)11-15-8-4-5-13(3)10-15/h12-13H,4-11H2,1-3H3. The molecule has 0 radical (unpaired) electrons. The molecule has 15 heavy (non-hydrogen) atoms. The van der Waals surface area contributed by atoms with Crippen molar-refractivity contribution in [3.63, 3.8) is 0 Å². The Morgan fingerprint density at radius 1 is 1.33 bits per heavy atom. The SMILES string of the molecule is CC(C)CC1(CN2CCCC(C)C2)CC1. The van der Waals surface area contributed by atoms with Gasteiger partial charge in [0.25, 0.3) is 0 Å². The third-order valence-electron chi connectivity index (χ3n) is 4.10. The van der Waals surface area contributed by atoms with Crippen LogP contribution in [0.15, 0.2) is 0 Å². The van der Waals surface area contributed by atoms with E-state index in [9.17, 15) is 0 Å². The van der Waals surface area contributed by atoms with Gasteiger partial charge in [0.1, 0.15) is 0 Å². The highest BCUT2D eigenvalue weighted by Gasteiger charge is 2.44. The molecule has 1 heterocycles. The van der Waals surface area contributed by atoms with E-state index in [4.69, 9.17) is 0 Å². The number of piperidine rings is 1. The van der Waals surface area contributed by atoms with E-state index in [2.05, 4.69) is 25.7 Å². The highest BCUT2D eigenvalue weighted by atomic mass is 15.1. The fourth-order valence-electron chi connectivity index (χ4n) is 3.37. The summed E-state index contributed by atoms with van der Waals surface area (Å²) in [5.41, 5.74) is 0.741. The Morgan fingerprint density at radius 3 is 2.60 bits per heavy atom. The fraction of sp³-hybridized carbons (Fsp3) is 1.00. The van der Waals surface area contributed by atoms with E-state index in [1.807, 2.05) is 0 Å². The van der Waals surface area contributed by atoms with Crippen molar-refractivity contribution in [2.45, 2.75) is 52.9 Å². The van der Waals surface area contributed by atoms with Crippen LogP contribution in [0.5, 0.6) is 0 Å². The van der Waals surface area contributed by atoms with Gasteiger partial charge in [0.05, 0.1) is 0 Å². The van der Waals surface area contributed by atoms with Gasteiger partial charge in [-0.2, -0.15) is 0 Å². The summed E-state index contributed by atoms with van der Waals surface area (Å²) >= 11 is 0. The lowest BCUT2D eigenvalue weighted by molar-refractivity contribution is 0.142. The lowest BCUT2D eigenvalue weighted by Crippen LogP contribution is -2.38. The minimum absolute atomic E-state index is 0.741. The zero-order chi connectivity index (χ0) is 10.9. The van der Waals surface area contributed by atoms with Crippen LogP contribution < -0.4 is 0 Å². The van der Waals surface area contributed by atoms with Crippen LogP contribution in [0.25, 0.3) is 0 Å². The quantitative estimate of drug-likeness (QED) is 0.684. The first-order chi connectivity index (χ1) is 7.10. The molecule has 2 aliphatic rings. The second-order valence-electron chi connectivity index (χ2n) is 6.58. The van der Waals surface area contributed by atoms with Crippen molar-refractivity contribution in [2.24, 2.45) is 17.3 Å². The molecular formula is C14H27N. The van der Waals surface area contributed by atoms with Crippen molar-refractivity contribution < 1.29 is 0 Å². The number of likely N-dealkylation sites (tertiary alicyclic amines) is 1. The normalized spacial score (nSPS) is 30.8. The van der Waals surface area contributed by atoms with E-state index in [1.165, 1.54) is 51.7 Å². The molecule has 2 rings (SSSR count). The van der Waals surface area contributed by atoms with Gasteiger partial charge in [0, 0.05) is 13.1 Å². The first-order valence-electron chi connectivity index (χ1n) is 6.82. The van der Waals surface area contributed by atoms with Gasteiger partial charge < -0.3 is 4.90 Å². The van der Waals surface area contributed by atoms with Crippen LogP contribution in [-0.2, 0) is 0 Å². The van der Waals surface area contributed by atoms with E-state index in [0.29, 0.717) is 0 Å². The second kappa shape index (κ2) is 4.45. The Bertz CT molecular complexity index is 205. The molecule has 0 N–H and O–H groups in total. The van der Waals surface area contributed by atoms with Crippen molar-refractivity contribution in [3.8, 4) is 0 Å². The molecule has 1 nitrogen and oxygen atoms in total. The summed E-state index contributed by atoms with van der Waals surface area (Å²) in [6, 6.07) is 0. The van der Waals surface area contributed by atoms with Crippen molar-refractivity contribution in [1.82, 2.24) is 4.90 Å². The minimum atomic E-state index is 0.741. The van der Waals surface area contributed by atoms with Gasteiger partial charge in [-0.3, -0.25) is 0 Å². The van der Waals surface area contributed by atoms with Gasteiger partial charge in [-0.1, -0.05) is 20.8 Å². The van der Waals surface area contributed by atoms with Gasteiger partial charge in [-0.15, -0.1) is 0 Å². The zero-order valence-corrected chi connectivity index (χ0v) is 10.8. The molecule has 1 atom stereocenters. The molecule has 1 aliphatic carbocycles. The van der Waals surface area contributed by atoms with Crippen molar-refractivity contribution in [3.05, 3.63) is 0 Å². The number of rotatable bonds is 4. The number of hydrogen-bond donors (Lipinski definition) is 0. The Hall–Kier alpha value is -0.0400. The number of nitrogens with zero attached hydrogens (tertiary/aromatic N) is 1. The molecule has 1 unspecified atom stereocenters. The van der Waals surface area contributed by atoms with Crippen LogP contribution in [0.3, 0.4) is 0 Å². The third-order valence-corrected chi connectivity index (χ3v) is 4.10. The Kier molecular flexibility index (Phi) is 3.39. The summed E-state index contributed by atoms with van der Waals surface area (Å²) in [5.74, 6) is 1.82. The average Bonchev–Trinajstić information content (AvgIpc) is 2.83. The molecule has 0 aromatic rings. The molecule has 88 valence electrons. The first kappa shape index (κ1) is 11.4. The minimum Gasteiger partial charge on any atom is -0.303 e. The van der Waals surface area contributed by atoms with E-state index < -0.39 is 0 Å². The third kappa shape index (κ3) is 3.21. The van der Waals surface area contributed by atoms with Crippen LogP contribution in [0.4, 0.5) is 0 Å². The molecule has 0 spiro atoms. The lowest BCUT2D eigenvalue weighted by atomic mass is 9.92. The summed E-state index contributed by atoms with van der Waals surface area (Å²) < 4.78 is 0. The zero-order valence-electron chi connectivity index (χ0n) is 10.8. The maximum absolute atomic E-state index is 2.74. The van der Waals surface area contributed by atoms with Gasteiger partial charge >= 0.3 is 0 Å². The van der Waals surface area contributed by atoms with E-state index in [-0.39, 0.29) is 0 Å². The maximum atomic E-state index is 2.74. The molecule has 0 aromatic carbocycles. The fourth-order valence-corrected chi connectivity index (χ4v) is 3.37. The van der Waals surface area contributed by atoms with Gasteiger partial charge in [-0.05, 0) is 55.9 Å². The van der Waals surface area contributed by atoms with Crippen LogP contribution >= 0.6 is 0 Å². The Labute approximate surface area is 95.2 Å². The molecule has 1 aliphatic heterocycles. The monoisotopic (exact) mass is 209 g/mol. The lowest BCUT2D eigenvalue weighted by Gasteiger charge is -2.34. The molecule has 0 aromatic heterocycles. The predicted octanol–water partition coefficient (Wildman–Crippen LogP) is 3.54. The summed E-state index contributed by atoms with van der Waals surface area (Å²) in [6.07, 6.45) is 7.33. The first-order valence-corrected chi connectivity index (χ1v) is 6.82. The van der Waals surface area contributed by atoms with Gasteiger partial charge in [0.2, 0.25) is 0 Å². The van der Waals surface area contributed by atoms with E-state index in [1.54, 1.807) is 0 Å². The summed E-state index contributed by atoms with van der Waals surface area (Å²) in [5, 5.41) is 0. The molecule has 2 fully saturated rings. The second-order valence-corrected chi connectivity index (χ2v) is 6.58. The summed E-state index contributed by atoms with van der Waals surface area (Å²) in [6.45, 7) is 11.3. The molecule has 0 bridgehead atoms. The molecule has 1 saturated carbocycles. The summed E-state index contributed by atoms with van der Waals surface area (Å²) in [4.78, 5) is 2.74. The Balaban J connectivity index is 1.80. The van der Waals surface area contributed by atoms with Crippen LogP contribution in [0, 0.1) is 17.3 Å². The molecule has 0 amide bonds. The van der Waals surface area contributed by atoms with Crippen LogP contribution in [0.2, 0.25) is 0 Å². The van der Waals surface area contributed by atoms with Gasteiger partial charge in [0.15, 0.2) is 0 Å².